The number of hydrogen-bond acceptors (Lipinski definition) is 5. The summed E-state index contributed by atoms with van der Waals surface area (Å²) in [6, 6.07) is 26.1. The molecule has 1 aromatic heterocycles. The minimum Gasteiger partial charge on any atom is -0.494 e. The first-order valence-electron chi connectivity index (χ1n) is 12.9. The van der Waals surface area contributed by atoms with Gasteiger partial charge in [-0.05, 0) is 92.7 Å². The first-order chi connectivity index (χ1) is 19.4. The van der Waals surface area contributed by atoms with Crippen molar-refractivity contribution in [2.75, 3.05) is 17.7 Å². The summed E-state index contributed by atoms with van der Waals surface area (Å²) in [4.78, 5) is 20.9. The highest BCUT2D eigenvalue weighted by molar-refractivity contribution is 6.02. The highest BCUT2D eigenvalue weighted by atomic mass is 16.5. The van der Waals surface area contributed by atoms with E-state index in [1.807, 2.05) is 105 Å². The van der Waals surface area contributed by atoms with Crippen LogP contribution < -0.4 is 24.8 Å². The molecule has 0 saturated heterocycles. The largest absolute Gasteiger partial charge is 0.494 e. The average molecular weight is 533 g/mol. The Labute approximate surface area is 231 Å². The van der Waals surface area contributed by atoms with E-state index in [1.54, 1.807) is 13.2 Å². The molecule has 0 saturated carbocycles. The van der Waals surface area contributed by atoms with Crippen molar-refractivity contribution in [1.82, 2.24) is 9.97 Å². The van der Waals surface area contributed by atoms with E-state index < -0.39 is 11.6 Å². The maximum atomic E-state index is 12.9. The number of carbonyl (C=O) groups excluding carboxylic acids is 1. The number of aromatic nitrogens is 2. The number of methoxy groups -OCH3 is 1. The molecule has 200 valence electrons. The van der Waals surface area contributed by atoms with E-state index in [4.69, 9.17) is 19.2 Å². The molecule has 8 heteroatoms. The second kappa shape index (κ2) is 10.1. The Morgan fingerprint density at radius 2 is 1.70 bits per heavy atom. The van der Waals surface area contributed by atoms with E-state index in [2.05, 4.69) is 15.6 Å². The smallest absolute Gasteiger partial charge is 0.323 e. The Kier molecular flexibility index (Phi) is 6.36. The number of ether oxygens (including phenoxy) is 3. The lowest BCUT2D eigenvalue weighted by Gasteiger charge is -2.29. The van der Waals surface area contributed by atoms with E-state index >= 15 is 0 Å². The Hall–Kier alpha value is -5.24. The highest BCUT2D eigenvalue weighted by Crippen LogP contribution is 2.41. The van der Waals surface area contributed by atoms with Gasteiger partial charge >= 0.3 is 6.03 Å². The van der Waals surface area contributed by atoms with Gasteiger partial charge in [-0.3, -0.25) is 0 Å². The molecule has 6 rings (SSSR count). The lowest BCUT2D eigenvalue weighted by Crippen LogP contribution is -2.27. The van der Waals surface area contributed by atoms with Gasteiger partial charge < -0.3 is 29.8 Å². The molecule has 3 N–H and O–H groups in total. The van der Waals surface area contributed by atoms with Gasteiger partial charge in [-0.2, -0.15) is 0 Å². The number of nitrogens with one attached hydrogen (secondary N) is 3. The van der Waals surface area contributed by atoms with E-state index in [9.17, 15) is 4.79 Å². The number of urea groups is 1. The molecule has 8 nitrogen and oxygen atoms in total. The zero-order chi connectivity index (χ0) is 27.7. The first kappa shape index (κ1) is 25.1. The third-order valence-electron chi connectivity index (χ3n) is 6.48. The number of anilines is 2. The standard InChI is InChI=1S/C32H28N4O4/c1-32(2)18-17-24-28(40-32)16-15-26(29(24)38-3)36-31(37)33-21-11-14-25-27(19-21)35-30(34-25)20-9-12-23(13-10-20)39-22-7-5-4-6-8-22/h4-19H,1-3H3,(H,34,35)(H2,33,36,37). The van der Waals surface area contributed by atoms with Crippen LogP contribution in [0.1, 0.15) is 19.4 Å². The van der Waals surface area contributed by atoms with Crippen LogP contribution >= 0.6 is 0 Å². The zero-order valence-corrected chi connectivity index (χ0v) is 22.3. The lowest BCUT2D eigenvalue weighted by molar-refractivity contribution is 0.158. The fraction of sp³-hybridized carbons (Fsp3) is 0.125. The summed E-state index contributed by atoms with van der Waals surface area (Å²) in [5, 5.41) is 5.77. The third-order valence-corrected chi connectivity index (χ3v) is 6.48. The minimum absolute atomic E-state index is 0.396. The quantitative estimate of drug-likeness (QED) is 0.207. The number of amides is 2. The first-order valence-corrected chi connectivity index (χ1v) is 12.9. The summed E-state index contributed by atoms with van der Waals surface area (Å²) in [5.74, 6) is 3.48. The van der Waals surface area contributed by atoms with Crippen molar-refractivity contribution in [3.63, 3.8) is 0 Å². The molecule has 0 aliphatic carbocycles. The van der Waals surface area contributed by atoms with Crippen molar-refractivity contribution < 1.29 is 19.0 Å². The molecule has 2 heterocycles. The highest BCUT2D eigenvalue weighted by Gasteiger charge is 2.25. The molecule has 40 heavy (non-hydrogen) atoms. The van der Waals surface area contributed by atoms with Crippen molar-refractivity contribution in [1.29, 1.82) is 0 Å². The van der Waals surface area contributed by atoms with E-state index in [1.165, 1.54) is 0 Å². The van der Waals surface area contributed by atoms with E-state index in [0.717, 1.165) is 39.5 Å². The number of para-hydroxylation sites is 1. The van der Waals surface area contributed by atoms with Gasteiger partial charge in [-0.1, -0.05) is 18.2 Å². The van der Waals surface area contributed by atoms with Crippen LogP contribution in [0.4, 0.5) is 16.2 Å². The summed E-state index contributed by atoms with van der Waals surface area (Å²) < 4.78 is 17.5. The number of rotatable bonds is 6. The van der Waals surface area contributed by atoms with Crippen LogP contribution in [0.15, 0.2) is 91.0 Å². The second-order valence-corrected chi connectivity index (χ2v) is 9.93. The van der Waals surface area contributed by atoms with Crippen LogP contribution in [0, 0.1) is 0 Å². The van der Waals surface area contributed by atoms with Crippen molar-refractivity contribution in [2.24, 2.45) is 0 Å². The Balaban J connectivity index is 1.16. The van der Waals surface area contributed by atoms with Gasteiger partial charge in [0.1, 0.15) is 28.7 Å². The third kappa shape index (κ3) is 5.19. The molecule has 0 unspecified atom stereocenters. The Morgan fingerprint density at radius 1 is 0.925 bits per heavy atom. The van der Waals surface area contributed by atoms with Crippen LogP contribution in [0.25, 0.3) is 28.5 Å². The zero-order valence-electron chi connectivity index (χ0n) is 22.3. The van der Waals surface area contributed by atoms with Crippen molar-refractivity contribution >= 4 is 34.5 Å². The number of hydrogen-bond donors (Lipinski definition) is 3. The summed E-state index contributed by atoms with van der Waals surface area (Å²) in [7, 11) is 1.57. The van der Waals surface area contributed by atoms with Crippen LogP contribution in [0.2, 0.25) is 0 Å². The van der Waals surface area contributed by atoms with E-state index in [-0.39, 0.29) is 0 Å². The van der Waals surface area contributed by atoms with Gasteiger partial charge in [0, 0.05) is 11.3 Å². The number of carbonyl (C=O) groups is 1. The molecule has 1 aliphatic heterocycles. The molecule has 0 spiro atoms. The molecule has 5 aromatic rings. The molecular weight excluding hydrogens is 504 g/mol. The summed E-state index contributed by atoms with van der Waals surface area (Å²) in [5.41, 5.74) is 4.04. The molecule has 0 atom stereocenters. The number of benzene rings is 4. The summed E-state index contributed by atoms with van der Waals surface area (Å²) >= 11 is 0. The molecular formula is C32H28N4O4. The summed E-state index contributed by atoms with van der Waals surface area (Å²) in [6.07, 6.45) is 3.91. The topological polar surface area (TPSA) is 97.5 Å². The van der Waals surface area contributed by atoms with Crippen LogP contribution in [0.3, 0.4) is 0 Å². The maximum absolute atomic E-state index is 12.9. The van der Waals surface area contributed by atoms with Gasteiger partial charge in [-0.25, -0.2) is 9.78 Å². The second-order valence-electron chi connectivity index (χ2n) is 9.93. The van der Waals surface area contributed by atoms with E-state index in [0.29, 0.717) is 22.9 Å². The number of H-pyrrole nitrogens is 1. The van der Waals surface area contributed by atoms with Gasteiger partial charge in [0.2, 0.25) is 0 Å². The number of aromatic amines is 1. The van der Waals surface area contributed by atoms with Gasteiger partial charge in [0.25, 0.3) is 0 Å². The van der Waals surface area contributed by atoms with Crippen molar-refractivity contribution in [2.45, 2.75) is 19.4 Å². The molecule has 1 aliphatic rings. The fourth-order valence-electron chi connectivity index (χ4n) is 4.56. The normalized spacial score (nSPS) is 13.3. The van der Waals surface area contributed by atoms with Crippen molar-refractivity contribution in [3.05, 3.63) is 96.6 Å². The molecule has 4 aromatic carbocycles. The average Bonchev–Trinajstić information content (AvgIpc) is 3.37. The number of fused-ring (bicyclic) bond motifs is 2. The van der Waals surface area contributed by atoms with Gasteiger partial charge in [-0.15, -0.1) is 0 Å². The summed E-state index contributed by atoms with van der Waals surface area (Å²) in [6.45, 7) is 3.96. The predicted molar refractivity (Wildman–Crippen MR) is 157 cm³/mol. The molecule has 2 amide bonds. The maximum Gasteiger partial charge on any atom is 0.323 e. The minimum atomic E-state index is -0.407. The van der Waals surface area contributed by atoms with Crippen molar-refractivity contribution in [3.8, 4) is 34.4 Å². The van der Waals surface area contributed by atoms with Crippen LogP contribution in [0.5, 0.6) is 23.0 Å². The molecule has 0 fully saturated rings. The number of imidazole rings is 1. The Morgan fingerprint density at radius 3 is 2.48 bits per heavy atom. The van der Waals surface area contributed by atoms with Gasteiger partial charge in [0.15, 0.2) is 5.75 Å². The van der Waals surface area contributed by atoms with Crippen LogP contribution in [-0.2, 0) is 0 Å². The fourth-order valence-corrected chi connectivity index (χ4v) is 4.56. The van der Waals surface area contributed by atoms with Crippen LogP contribution in [-0.4, -0.2) is 28.7 Å². The monoisotopic (exact) mass is 532 g/mol. The SMILES string of the molecule is COc1c(NC(=O)Nc2ccc3nc(-c4ccc(Oc5ccccc5)cc4)[nH]c3c2)ccc2c1C=CC(C)(C)O2. The molecule has 0 bridgehead atoms. The number of nitrogens with zero attached hydrogens (tertiary/aromatic N) is 1. The van der Waals surface area contributed by atoms with Gasteiger partial charge in [0.05, 0.1) is 29.4 Å². The Bertz CT molecular complexity index is 1720. The lowest BCUT2D eigenvalue weighted by atomic mass is 10.0. The molecule has 0 radical (unpaired) electrons. The predicted octanol–water partition coefficient (Wildman–Crippen LogP) is 7.86.